The Morgan fingerprint density at radius 2 is 1.95 bits per heavy atom. The van der Waals surface area contributed by atoms with E-state index in [0.29, 0.717) is 27.3 Å². The monoisotopic (exact) mass is 297 g/mol. The maximum atomic E-state index is 11.4. The number of anilines is 1. The van der Waals surface area contributed by atoms with Gasteiger partial charge in [-0.1, -0.05) is 23.7 Å². The average Bonchev–Trinajstić information content (AvgIpc) is 2.46. The van der Waals surface area contributed by atoms with E-state index in [1.54, 1.807) is 36.4 Å². The highest BCUT2D eigenvalue weighted by Gasteiger charge is 2.09. The Hall–Kier alpha value is -2.59. The molecule has 0 spiro atoms. The topological polar surface area (TPSA) is 79.0 Å². The van der Waals surface area contributed by atoms with Crippen molar-refractivity contribution in [2.45, 2.75) is 0 Å². The SMILES string of the molecule is Nc1cccc(-c2cc(C(=O)[O-])c3cc(Cl)ccc3n2)c1. The first-order valence-electron chi connectivity index (χ1n) is 6.22. The summed E-state index contributed by atoms with van der Waals surface area (Å²) < 4.78 is 0. The van der Waals surface area contributed by atoms with Crippen molar-refractivity contribution in [1.82, 2.24) is 4.98 Å². The van der Waals surface area contributed by atoms with Crippen LogP contribution in [0.3, 0.4) is 0 Å². The molecule has 0 bridgehead atoms. The number of aromatic carboxylic acids is 1. The molecule has 0 radical (unpaired) electrons. The minimum atomic E-state index is -1.27. The van der Waals surface area contributed by atoms with Crippen LogP contribution in [0.2, 0.25) is 5.02 Å². The Balaban J connectivity index is 2.31. The summed E-state index contributed by atoms with van der Waals surface area (Å²) in [7, 11) is 0. The van der Waals surface area contributed by atoms with Gasteiger partial charge in [0.05, 0.1) is 17.2 Å². The van der Waals surface area contributed by atoms with Gasteiger partial charge in [-0.3, -0.25) is 0 Å². The van der Waals surface area contributed by atoms with Crippen molar-refractivity contribution in [2.24, 2.45) is 0 Å². The summed E-state index contributed by atoms with van der Waals surface area (Å²) in [6, 6.07) is 13.5. The average molecular weight is 298 g/mol. The van der Waals surface area contributed by atoms with Crippen LogP contribution in [0, 0.1) is 0 Å². The molecule has 0 atom stereocenters. The third-order valence-corrected chi connectivity index (χ3v) is 3.41. The van der Waals surface area contributed by atoms with E-state index in [9.17, 15) is 9.90 Å². The fourth-order valence-electron chi connectivity index (χ4n) is 2.21. The molecule has 0 aliphatic carbocycles. The van der Waals surface area contributed by atoms with Crippen molar-refractivity contribution in [3.05, 3.63) is 59.1 Å². The van der Waals surface area contributed by atoms with Gasteiger partial charge in [0.25, 0.3) is 0 Å². The number of aromatic nitrogens is 1. The van der Waals surface area contributed by atoms with Crippen LogP contribution in [0.15, 0.2) is 48.5 Å². The first-order chi connectivity index (χ1) is 10.0. The number of pyridine rings is 1. The number of benzene rings is 2. The van der Waals surface area contributed by atoms with Gasteiger partial charge >= 0.3 is 0 Å². The van der Waals surface area contributed by atoms with Gasteiger partial charge in [0, 0.05) is 27.2 Å². The lowest BCUT2D eigenvalue weighted by Gasteiger charge is -2.11. The second kappa shape index (κ2) is 5.07. The highest BCUT2D eigenvalue weighted by atomic mass is 35.5. The van der Waals surface area contributed by atoms with Crippen molar-refractivity contribution in [2.75, 3.05) is 5.73 Å². The minimum Gasteiger partial charge on any atom is -0.545 e. The number of hydrogen-bond acceptors (Lipinski definition) is 4. The molecule has 4 nitrogen and oxygen atoms in total. The van der Waals surface area contributed by atoms with Crippen LogP contribution >= 0.6 is 11.6 Å². The van der Waals surface area contributed by atoms with E-state index < -0.39 is 5.97 Å². The molecule has 0 aliphatic heterocycles. The summed E-state index contributed by atoms with van der Waals surface area (Å²) in [4.78, 5) is 15.8. The molecule has 0 saturated carbocycles. The molecular weight excluding hydrogens is 288 g/mol. The summed E-state index contributed by atoms with van der Waals surface area (Å²) >= 11 is 5.92. The van der Waals surface area contributed by atoms with Crippen LogP contribution in [0.4, 0.5) is 5.69 Å². The zero-order chi connectivity index (χ0) is 15.0. The summed E-state index contributed by atoms with van der Waals surface area (Å²) in [6.45, 7) is 0. The zero-order valence-electron chi connectivity index (χ0n) is 10.8. The molecule has 1 heterocycles. The van der Waals surface area contributed by atoms with Crippen LogP contribution in [0.5, 0.6) is 0 Å². The second-order valence-corrected chi connectivity index (χ2v) is 5.07. The van der Waals surface area contributed by atoms with Crippen LogP contribution in [-0.2, 0) is 0 Å². The molecule has 104 valence electrons. The largest absolute Gasteiger partial charge is 0.545 e. The number of carboxylic acid groups (broad SMARTS) is 1. The van der Waals surface area contributed by atoms with Gasteiger partial charge < -0.3 is 15.6 Å². The lowest BCUT2D eigenvalue weighted by molar-refractivity contribution is -0.254. The van der Waals surface area contributed by atoms with E-state index in [2.05, 4.69) is 4.98 Å². The highest BCUT2D eigenvalue weighted by molar-refractivity contribution is 6.31. The van der Waals surface area contributed by atoms with Gasteiger partial charge in [-0.05, 0) is 36.4 Å². The zero-order valence-corrected chi connectivity index (χ0v) is 11.6. The fraction of sp³-hybridized carbons (Fsp3) is 0. The Labute approximate surface area is 125 Å². The lowest BCUT2D eigenvalue weighted by atomic mass is 10.0. The number of nitrogens with two attached hydrogens (primary N) is 1. The molecule has 3 rings (SSSR count). The molecule has 0 fully saturated rings. The smallest absolute Gasteiger partial charge is 0.0722 e. The molecule has 2 N–H and O–H groups in total. The standard InChI is InChI=1S/C16H11ClN2O2/c17-10-4-5-14-12(7-10)13(16(20)21)8-15(19-14)9-2-1-3-11(18)6-9/h1-8H,18H2,(H,20,21)/p-1. The number of rotatable bonds is 2. The summed E-state index contributed by atoms with van der Waals surface area (Å²) in [6.07, 6.45) is 0. The highest BCUT2D eigenvalue weighted by Crippen LogP contribution is 2.27. The Kier molecular flexibility index (Phi) is 3.23. The molecule has 1 aromatic heterocycles. The third-order valence-electron chi connectivity index (χ3n) is 3.17. The first-order valence-corrected chi connectivity index (χ1v) is 6.60. The number of carboxylic acids is 1. The number of carbonyl (C=O) groups excluding carboxylic acids is 1. The van der Waals surface area contributed by atoms with E-state index >= 15 is 0 Å². The quantitative estimate of drug-likeness (QED) is 0.737. The van der Waals surface area contributed by atoms with Crippen LogP contribution in [0.25, 0.3) is 22.2 Å². The van der Waals surface area contributed by atoms with Gasteiger partial charge in [0.2, 0.25) is 0 Å². The predicted octanol–water partition coefficient (Wildman–Crippen LogP) is 2.50. The lowest BCUT2D eigenvalue weighted by Crippen LogP contribution is -2.22. The van der Waals surface area contributed by atoms with Crippen molar-refractivity contribution in [3.63, 3.8) is 0 Å². The van der Waals surface area contributed by atoms with Crippen LogP contribution in [0.1, 0.15) is 10.4 Å². The fourth-order valence-corrected chi connectivity index (χ4v) is 2.38. The number of fused-ring (bicyclic) bond motifs is 1. The summed E-state index contributed by atoms with van der Waals surface area (Å²) in [5, 5.41) is 12.3. The molecule has 3 aromatic rings. The maximum Gasteiger partial charge on any atom is 0.0722 e. The molecule has 0 amide bonds. The van der Waals surface area contributed by atoms with E-state index in [1.807, 2.05) is 6.07 Å². The maximum absolute atomic E-state index is 11.4. The van der Waals surface area contributed by atoms with Crippen LogP contribution < -0.4 is 10.8 Å². The van der Waals surface area contributed by atoms with E-state index in [-0.39, 0.29) is 5.56 Å². The third kappa shape index (κ3) is 2.53. The molecule has 0 saturated heterocycles. The molecule has 0 aliphatic rings. The molecule has 5 heteroatoms. The summed E-state index contributed by atoms with van der Waals surface area (Å²) in [5.41, 5.74) is 8.20. The predicted molar refractivity (Wildman–Crippen MR) is 80.9 cm³/mol. The molecule has 21 heavy (non-hydrogen) atoms. The normalized spacial score (nSPS) is 10.7. The number of nitrogens with zero attached hydrogens (tertiary/aromatic N) is 1. The summed E-state index contributed by atoms with van der Waals surface area (Å²) in [5.74, 6) is -1.27. The Morgan fingerprint density at radius 3 is 2.67 bits per heavy atom. The Bertz CT molecular complexity index is 862. The number of halogens is 1. The van der Waals surface area contributed by atoms with Gasteiger partial charge in [-0.15, -0.1) is 0 Å². The van der Waals surface area contributed by atoms with E-state index in [0.717, 1.165) is 5.56 Å². The minimum absolute atomic E-state index is 0.0555. The van der Waals surface area contributed by atoms with Gasteiger partial charge in [-0.25, -0.2) is 4.98 Å². The molecular formula is C16H10ClN2O2-. The number of hydrogen-bond donors (Lipinski definition) is 1. The first kappa shape index (κ1) is 13.4. The second-order valence-electron chi connectivity index (χ2n) is 4.63. The van der Waals surface area contributed by atoms with Crippen LogP contribution in [-0.4, -0.2) is 11.0 Å². The number of nitrogen functional groups attached to an aromatic ring is 1. The van der Waals surface area contributed by atoms with Gasteiger partial charge in [-0.2, -0.15) is 0 Å². The van der Waals surface area contributed by atoms with Crippen molar-refractivity contribution < 1.29 is 9.90 Å². The van der Waals surface area contributed by atoms with E-state index in [1.165, 1.54) is 6.07 Å². The van der Waals surface area contributed by atoms with Crippen molar-refractivity contribution in [1.29, 1.82) is 0 Å². The van der Waals surface area contributed by atoms with Crippen molar-refractivity contribution >= 4 is 34.2 Å². The number of carbonyl (C=O) groups is 1. The van der Waals surface area contributed by atoms with Gasteiger partial charge in [0.15, 0.2) is 0 Å². The van der Waals surface area contributed by atoms with E-state index in [4.69, 9.17) is 17.3 Å². The molecule has 0 unspecified atom stereocenters. The molecule has 2 aromatic carbocycles. The van der Waals surface area contributed by atoms with Crippen molar-refractivity contribution in [3.8, 4) is 11.3 Å². The van der Waals surface area contributed by atoms with Gasteiger partial charge in [0.1, 0.15) is 0 Å². The Morgan fingerprint density at radius 1 is 1.14 bits per heavy atom.